The Labute approximate surface area is 217 Å². The topological polar surface area (TPSA) is 120 Å². The number of benzene rings is 1. The van der Waals surface area contributed by atoms with Crippen LogP contribution in [0.4, 0.5) is 5.82 Å². The van der Waals surface area contributed by atoms with Crippen molar-refractivity contribution in [2.24, 2.45) is 5.92 Å². The summed E-state index contributed by atoms with van der Waals surface area (Å²) in [6.45, 7) is 3.89. The van der Waals surface area contributed by atoms with E-state index in [1.54, 1.807) is 14.2 Å². The molecule has 11 heteroatoms. The molecule has 2 fully saturated rings. The third-order valence-corrected chi connectivity index (χ3v) is 7.62. The van der Waals surface area contributed by atoms with E-state index in [4.69, 9.17) is 18.9 Å². The molecule has 1 saturated heterocycles. The number of aromatic nitrogens is 3. The molecule has 2 aromatic heterocycles. The quantitative estimate of drug-likeness (QED) is 0.380. The van der Waals surface area contributed by atoms with Crippen molar-refractivity contribution >= 4 is 32.8 Å². The van der Waals surface area contributed by atoms with Crippen molar-refractivity contribution in [2.75, 3.05) is 26.1 Å². The van der Waals surface area contributed by atoms with E-state index in [2.05, 4.69) is 35.8 Å². The number of ether oxygens (including phenoxy) is 4. The van der Waals surface area contributed by atoms with Crippen molar-refractivity contribution in [3.8, 4) is 11.5 Å². The fourth-order valence-corrected chi connectivity index (χ4v) is 5.97. The maximum atomic E-state index is 10.5. The molecule has 2 aliphatic rings. The molecule has 1 saturated carbocycles. The highest BCUT2D eigenvalue weighted by molar-refractivity contribution is 9.10. The number of fused-ring (bicyclic) bond motifs is 2. The molecule has 1 aliphatic carbocycles. The van der Waals surface area contributed by atoms with Crippen LogP contribution in [0, 0.1) is 5.92 Å². The zero-order valence-corrected chi connectivity index (χ0v) is 22.2. The second kappa shape index (κ2) is 9.79. The second-order valence-corrected chi connectivity index (χ2v) is 10.5. The molecule has 1 aliphatic heterocycles. The monoisotopic (exact) mass is 562 g/mol. The Balaban J connectivity index is 1.46. The van der Waals surface area contributed by atoms with Gasteiger partial charge < -0.3 is 39.0 Å². The molecule has 5 atom stereocenters. The summed E-state index contributed by atoms with van der Waals surface area (Å²) in [6.07, 6.45) is 2.58. The Morgan fingerprint density at radius 1 is 1.22 bits per heavy atom. The second-order valence-electron chi connectivity index (χ2n) is 9.62. The number of halogens is 1. The fraction of sp³-hybridized carbons (Fsp3) is 0.520. The van der Waals surface area contributed by atoms with Gasteiger partial charge in [0.05, 0.1) is 44.5 Å². The van der Waals surface area contributed by atoms with Gasteiger partial charge in [0.1, 0.15) is 35.4 Å². The summed E-state index contributed by atoms with van der Waals surface area (Å²) < 4.78 is 26.1. The van der Waals surface area contributed by atoms with Crippen molar-refractivity contribution in [1.29, 1.82) is 0 Å². The van der Waals surface area contributed by atoms with Crippen LogP contribution in [0.25, 0.3) is 11.0 Å². The van der Waals surface area contributed by atoms with Crippen molar-refractivity contribution < 1.29 is 29.2 Å². The van der Waals surface area contributed by atoms with Crippen LogP contribution in [0.1, 0.15) is 31.9 Å². The van der Waals surface area contributed by atoms with Gasteiger partial charge in [-0.2, -0.15) is 0 Å². The third kappa shape index (κ3) is 4.43. The zero-order valence-electron chi connectivity index (χ0n) is 20.6. The van der Waals surface area contributed by atoms with Gasteiger partial charge in [0.25, 0.3) is 0 Å². The molecule has 194 valence electrons. The Kier molecular flexibility index (Phi) is 6.86. The van der Waals surface area contributed by atoms with Gasteiger partial charge in [-0.25, -0.2) is 9.97 Å². The number of nitrogens with one attached hydrogen (secondary N) is 1. The van der Waals surface area contributed by atoms with E-state index in [9.17, 15) is 10.2 Å². The lowest BCUT2D eigenvalue weighted by molar-refractivity contribution is -0.165. The van der Waals surface area contributed by atoms with Gasteiger partial charge in [-0.1, -0.05) is 0 Å². The minimum Gasteiger partial charge on any atom is -0.497 e. The lowest BCUT2D eigenvalue weighted by Crippen LogP contribution is -2.34. The maximum absolute atomic E-state index is 10.5. The Bertz CT molecular complexity index is 1250. The molecule has 1 aromatic carbocycles. The molecule has 0 radical (unpaired) electrons. The Hall–Kier alpha value is -2.44. The zero-order chi connectivity index (χ0) is 25.6. The van der Waals surface area contributed by atoms with Crippen LogP contribution in [0.5, 0.6) is 11.5 Å². The van der Waals surface area contributed by atoms with Gasteiger partial charge in [0.15, 0.2) is 5.79 Å². The van der Waals surface area contributed by atoms with E-state index in [1.165, 1.54) is 6.33 Å². The number of nitrogens with zero attached hydrogens (tertiary/aromatic N) is 3. The number of anilines is 1. The van der Waals surface area contributed by atoms with Gasteiger partial charge in [-0.15, -0.1) is 0 Å². The highest BCUT2D eigenvalue weighted by Gasteiger charge is 2.56. The van der Waals surface area contributed by atoms with Gasteiger partial charge in [-0.3, -0.25) is 0 Å². The molecule has 0 unspecified atom stereocenters. The molecule has 0 spiro atoms. The van der Waals surface area contributed by atoms with Crippen LogP contribution in [0.2, 0.25) is 0 Å². The smallest absolute Gasteiger partial charge is 0.163 e. The number of aliphatic hydroxyl groups is 2. The predicted octanol–water partition coefficient (Wildman–Crippen LogP) is 3.26. The Morgan fingerprint density at radius 3 is 2.72 bits per heavy atom. The van der Waals surface area contributed by atoms with Crippen LogP contribution in [0.15, 0.2) is 35.2 Å². The molecular weight excluding hydrogens is 532 g/mol. The molecule has 3 N–H and O–H groups in total. The summed E-state index contributed by atoms with van der Waals surface area (Å²) in [5, 5.41) is 24.4. The molecule has 36 heavy (non-hydrogen) atoms. The van der Waals surface area contributed by atoms with E-state index < -0.39 is 11.9 Å². The summed E-state index contributed by atoms with van der Waals surface area (Å²) in [5.41, 5.74) is 1.69. The van der Waals surface area contributed by atoms with Gasteiger partial charge in [-0.05, 0) is 48.3 Å². The normalized spacial score (nSPS) is 25.6. The number of methoxy groups -OCH3 is 2. The maximum Gasteiger partial charge on any atom is 0.163 e. The lowest BCUT2D eigenvalue weighted by Gasteiger charge is -2.25. The first-order chi connectivity index (χ1) is 17.3. The largest absolute Gasteiger partial charge is 0.497 e. The van der Waals surface area contributed by atoms with Crippen molar-refractivity contribution in [1.82, 2.24) is 14.5 Å². The summed E-state index contributed by atoms with van der Waals surface area (Å²) in [6, 6.07) is 5.55. The fourth-order valence-electron chi connectivity index (χ4n) is 5.38. The summed E-state index contributed by atoms with van der Waals surface area (Å²) in [5.74, 6) is 1.08. The average molecular weight is 563 g/mol. The van der Waals surface area contributed by atoms with E-state index >= 15 is 0 Å². The van der Waals surface area contributed by atoms with Crippen molar-refractivity contribution in [3.63, 3.8) is 0 Å². The minimum atomic E-state index is -0.892. The SMILES string of the molecule is COc1ccc(CNc2ncnc3c2c(Br)cn3[C@@H]2C[C@H]([C@@H](O)CO)[C@H]3OC(C)(C)O[C@H]32)c(OC)c1. The van der Waals surface area contributed by atoms with Crippen LogP contribution in [-0.4, -0.2) is 69.7 Å². The highest BCUT2D eigenvalue weighted by Crippen LogP contribution is 2.49. The molecule has 10 nitrogen and oxygen atoms in total. The van der Waals surface area contributed by atoms with Crippen LogP contribution in [-0.2, 0) is 16.0 Å². The molecule has 0 amide bonds. The van der Waals surface area contributed by atoms with Crippen LogP contribution in [0.3, 0.4) is 0 Å². The summed E-state index contributed by atoms with van der Waals surface area (Å²) in [7, 11) is 3.25. The first kappa shape index (κ1) is 25.2. The standard InChI is InChI=1S/C25H31BrN4O6/c1-25(2)35-21-15(18(32)11-31)8-17(22(21)36-25)30-10-16(26)20-23(28-12-29-24(20)30)27-9-13-5-6-14(33-3)7-19(13)34-4/h5-7,10,12,15,17-18,21-22,31-32H,8-9,11H2,1-4H3,(H,27,28,29)/t15-,17-,18+,21-,22+/m1/s1. The number of hydrogen-bond acceptors (Lipinski definition) is 9. The van der Waals surface area contributed by atoms with E-state index in [-0.39, 0.29) is 30.8 Å². The number of hydrogen-bond donors (Lipinski definition) is 3. The lowest BCUT2D eigenvalue weighted by atomic mass is 9.98. The molecule has 3 aromatic rings. The predicted molar refractivity (Wildman–Crippen MR) is 136 cm³/mol. The van der Waals surface area contributed by atoms with Gasteiger partial charge in [0, 0.05) is 34.8 Å². The van der Waals surface area contributed by atoms with Gasteiger partial charge in [0.2, 0.25) is 0 Å². The molecule has 3 heterocycles. The summed E-state index contributed by atoms with van der Waals surface area (Å²) >= 11 is 3.70. The van der Waals surface area contributed by atoms with Crippen molar-refractivity contribution in [3.05, 3.63) is 40.8 Å². The minimum absolute atomic E-state index is 0.138. The first-order valence-electron chi connectivity index (χ1n) is 11.9. The first-order valence-corrected chi connectivity index (χ1v) is 12.7. The molecule has 0 bridgehead atoms. The average Bonchev–Trinajstić information content (AvgIpc) is 3.50. The van der Waals surface area contributed by atoms with E-state index in [0.29, 0.717) is 18.8 Å². The molecular formula is C25H31BrN4O6. The van der Waals surface area contributed by atoms with Crippen molar-refractivity contribution in [2.45, 2.75) is 57.0 Å². The number of rotatable bonds is 8. The number of aliphatic hydroxyl groups excluding tert-OH is 2. The molecule has 5 rings (SSSR count). The van der Waals surface area contributed by atoms with Crippen LogP contribution >= 0.6 is 15.9 Å². The third-order valence-electron chi connectivity index (χ3n) is 7.02. The van der Waals surface area contributed by atoms with Crippen LogP contribution < -0.4 is 14.8 Å². The van der Waals surface area contributed by atoms with E-state index in [0.717, 1.165) is 32.6 Å². The van der Waals surface area contributed by atoms with E-state index in [1.807, 2.05) is 38.2 Å². The Morgan fingerprint density at radius 2 is 2.00 bits per heavy atom. The van der Waals surface area contributed by atoms with Gasteiger partial charge >= 0.3 is 0 Å². The highest BCUT2D eigenvalue weighted by atomic mass is 79.9. The summed E-state index contributed by atoms with van der Waals surface area (Å²) in [4.78, 5) is 9.09.